The monoisotopic (exact) mass is 237 g/mol. The summed E-state index contributed by atoms with van der Waals surface area (Å²) in [7, 11) is 2.10. The fraction of sp³-hybridized carbons (Fsp3) is 0.846. The van der Waals surface area contributed by atoms with Gasteiger partial charge in [0.2, 0.25) is 5.91 Å². The van der Waals surface area contributed by atoms with Gasteiger partial charge >= 0.3 is 0 Å². The van der Waals surface area contributed by atoms with Gasteiger partial charge in [-0.25, -0.2) is 0 Å². The van der Waals surface area contributed by atoms with Crippen LogP contribution in [0.5, 0.6) is 0 Å². The Kier molecular flexibility index (Phi) is 4.95. The summed E-state index contributed by atoms with van der Waals surface area (Å²) in [5.74, 6) is -0.138. The van der Waals surface area contributed by atoms with Gasteiger partial charge in [0.25, 0.3) is 0 Å². The molecule has 0 aromatic carbocycles. The SMILES string of the molecule is CCC(C)(C#N)C(=O)NCC1CCCCN1C. The Labute approximate surface area is 104 Å². The lowest BCUT2D eigenvalue weighted by Crippen LogP contribution is -2.47. The van der Waals surface area contributed by atoms with Crippen LogP contribution in [0.1, 0.15) is 39.5 Å². The lowest BCUT2D eigenvalue weighted by Gasteiger charge is -2.33. The molecule has 0 aliphatic carbocycles. The molecule has 0 saturated carbocycles. The van der Waals surface area contributed by atoms with Crippen LogP contribution in [-0.4, -0.2) is 37.0 Å². The third kappa shape index (κ3) is 3.44. The smallest absolute Gasteiger partial charge is 0.240 e. The number of nitrogens with zero attached hydrogens (tertiary/aromatic N) is 2. The number of nitrogens with one attached hydrogen (secondary N) is 1. The topological polar surface area (TPSA) is 56.1 Å². The van der Waals surface area contributed by atoms with Crippen LogP contribution >= 0.6 is 0 Å². The molecule has 1 aliphatic heterocycles. The van der Waals surface area contributed by atoms with E-state index in [1.165, 1.54) is 12.8 Å². The molecule has 1 N–H and O–H groups in total. The zero-order chi connectivity index (χ0) is 12.9. The number of likely N-dealkylation sites (N-methyl/N-ethyl adjacent to an activating group) is 1. The summed E-state index contributed by atoms with van der Waals surface area (Å²) < 4.78 is 0. The van der Waals surface area contributed by atoms with E-state index in [0.717, 1.165) is 13.0 Å². The highest BCUT2D eigenvalue weighted by atomic mass is 16.2. The lowest BCUT2D eigenvalue weighted by molar-refractivity contribution is -0.127. The van der Waals surface area contributed by atoms with Crippen LogP contribution in [0, 0.1) is 16.7 Å². The number of nitriles is 1. The van der Waals surface area contributed by atoms with Gasteiger partial charge in [-0.15, -0.1) is 0 Å². The minimum atomic E-state index is -0.882. The van der Waals surface area contributed by atoms with E-state index >= 15 is 0 Å². The Hall–Kier alpha value is -1.08. The van der Waals surface area contributed by atoms with E-state index < -0.39 is 5.41 Å². The first kappa shape index (κ1) is 14.0. The zero-order valence-corrected chi connectivity index (χ0v) is 11.1. The van der Waals surface area contributed by atoms with Gasteiger partial charge in [-0.3, -0.25) is 4.79 Å². The fourth-order valence-electron chi connectivity index (χ4n) is 2.10. The van der Waals surface area contributed by atoms with Gasteiger partial charge in [-0.1, -0.05) is 13.3 Å². The predicted molar refractivity (Wildman–Crippen MR) is 67.3 cm³/mol. The van der Waals surface area contributed by atoms with Crippen molar-refractivity contribution in [3.63, 3.8) is 0 Å². The maximum absolute atomic E-state index is 11.9. The molecule has 4 heteroatoms. The van der Waals surface area contributed by atoms with Crippen molar-refractivity contribution in [3.05, 3.63) is 0 Å². The molecule has 1 aliphatic rings. The number of carbonyl (C=O) groups excluding carboxylic acids is 1. The molecule has 0 radical (unpaired) electrons. The van der Waals surface area contributed by atoms with Gasteiger partial charge in [0.05, 0.1) is 6.07 Å². The summed E-state index contributed by atoms with van der Waals surface area (Å²) in [4.78, 5) is 14.2. The summed E-state index contributed by atoms with van der Waals surface area (Å²) in [6, 6.07) is 2.52. The highest BCUT2D eigenvalue weighted by Crippen LogP contribution is 2.20. The normalized spacial score (nSPS) is 24.7. The molecule has 1 rings (SSSR count). The second kappa shape index (κ2) is 6.02. The Morgan fingerprint density at radius 2 is 2.29 bits per heavy atom. The standard InChI is InChI=1S/C13H23N3O/c1-4-13(2,10-14)12(17)15-9-11-7-5-6-8-16(11)3/h11H,4-9H2,1-3H3,(H,15,17). The molecule has 17 heavy (non-hydrogen) atoms. The van der Waals surface area contributed by atoms with Gasteiger partial charge in [0, 0.05) is 12.6 Å². The number of likely N-dealkylation sites (tertiary alicyclic amines) is 1. The largest absolute Gasteiger partial charge is 0.353 e. The molecule has 1 fully saturated rings. The minimum Gasteiger partial charge on any atom is -0.353 e. The van der Waals surface area contributed by atoms with Gasteiger partial charge in [0.15, 0.2) is 0 Å². The van der Waals surface area contributed by atoms with Crippen molar-refractivity contribution in [2.24, 2.45) is 5.41 Å². The van der Waals surface area contributed by atoms with Crippen molar-refractivity contribution in [1.29, 1.82) is 5.26 Å². The lowest BCUT2D eigenvalue weighted by atomic mass is 9.88. The second-order valence-electron chi connectivity index (χ2n) is 5.14. The van der Waals surface area contributed by atoms with Crippen LogP contribution < -0.4 is 5.32 Å². The molecule has 0 aromatic heterocycles. The molecule has 0 spiro atoms. The third-order valence-electron chi connectivity index (χ3n) is 3.87. The Morgan fingerprint density at radius 1 is 1.59 bits per heavy atom. The average Bonchev–Trinajstić information content (AvgIpc) is 2.36. The van der Waals surface area contributed by atoms with Crippen molar-refractivity contribution in [3.8, 4) is 6.07 Å². The third-order valence-corrected chi connectivity index (χ3v) is 3.87. The molecule has 2 unspecified atom stereocenters. The average molecular weight is 237 g/mol. The highest BCUT2D eigenvalue weighted by molar-refractivity contribution is 5.84. The summed E-state index contributed by atoms with van der Waals surface area (Å²) in [5.41, 5.74) is -0.882. The molecule has 96 valence electrons. The molecule has 2 atom stereocenters. The minimum absolute atomic E-state index is 0.138. The molecule has 4 nitrogen and oxygen atoms in total. The first-order valence-electron chi connectivity index (χ1n) is 6.43. The number of hydrogen-bond donors (Lipinski definition) is 1. The number of hydrogen-bond acceptors (Lipinski definition) is 3. The quantitative estimate of drug-likeness (QED) is 0.806. The second-order valence-corrected chi connectivity index (χ2v) is 5.14. The zero-order valence-electron chi connectivity index (χ0n) is 11.1. The van der Waals surface area contributed by atoms with Crippen LogP contribution in [0.4, 0.5) is 0 Å². The van der Waals surface area contributed by atoms with Crippen molar-refractivity contribution in [1.82, 2.24) is 10.2 Å². The van der Waals surface area contributed by atoms with E-state index in [0.29, 0.717) is 19.0 Å². The summed E-state index contributed by atoms with van der Waals surface area (Å²) in [5, 5.41) is 11.9. The molecule has 0 aromatic rings. The molecule has 1 amide bonds. The fourth-order valence-corrected chi connectivity index (χ4v) is 2.10. The summed E-state index contributed by atoms with van der Waals surface area (Å²) in [6.07, 6.45) is 4.15. The van der Waals surface area contributed by atoms with Gasteiger partial charge in [0.1, 0.15) is 5.41 Å². The van der Waals surface area contributed by atoms with E-state index in [2.05, 4.69) is 23.3 Å². The Morgan fingerprint density at radius 3 is 2.82 bits per heavy atom. The number of carbonyl (C=O) groups is 1. The van der Waals surface area contributed by atoms with E-state index in [9.17, 15) is 4.79 Å². The van der Waals surface area contributed by atoms with Gasteiger partial charge in [-0.2, -0.15) is 5.26 Å². The highest BCUT2D eigenvalue weighted by Gasteiger charge is 2.31. The first-order chi connectivity index (χ1) is 8.03. The van der Waals surface area contributed by atoms with Crippen LogP contribution in [0.25, 0.3) is 0 Å². The van der Waals surface area contributed by atoms with Crippen molar-refractivity contribution in [2.75, 3.05) is 20.1 Å². The van der Waals surface area contributed by atoms with Gasteiger partial charge in [-0.05, 0) is 39.8 Å². The van der Waals surface area contributed by atoms with Crippen LogP contribution in [0.3, 0.4) is 0 Å². The van der Waals surface area contributed by atoms with Crippen molar-refractivity contribution >= 4 is 5.91 Å². The molecule has 1 heterocycles. The molecule has 1 saturated heterocycles. The van der Waals surface area contributed by atoms with Crippen LogP contribution in [-0.2, 0) is 4.79 Å². The molecular weight excluding hydrogens is 214 g/mol. The number of amides is 1. The van der Waals surface area contributed by atoms with E-state index in [4.69, 9.17) is 5.26 Å². The van der Waals surface area contributed by atoms with E-state index in [1.807, 2.05) is 6.92 Å². The van der Waals surface area contributed by atoms with Gasteiger partial charge < -0.3 is 10.2 Å². The maximum atomic E-state index is 11.9. The Balaban J connectivity index is 2.45. The van der Waals surface area contributed by atoms with Crippen molar-refractivity contribution in [2.45, 2.75) is 45.6 Å². The van der Waals surface area contributed by atoms with Crippen LogP contribution in [0.15, 0.2) is 0 Å². The van der Waals surface area contributed by atoms with E-state index in [1.54, 1.807) is 6.92 Å². The van der Waals surface area contributed by atoms with Crippen LogP contribution in [0.2, 0.25) is 0 Å². The first-order valence-corrected chi connectivity index (χ1v) is 6.43. The predicted octanol–water partition coefficient (Wildman–Crippen LogP) is 1.53. The Bertz CT molecular complexity index is 310. The van der Waals surface area contributed by atoms with Crippen molar-refractivity contribution < 1.29 is 4.79 Å². The summed E-state index contributed by atoms with van der Waals surface area (Å²) in [6.45, 7) is 5.33. The number of piperidine rings is 1. The van der Waals surface area contributed by atoms with E-state index in [-0.39, 0.29) is 5.91 Å². The molecular formula is C13H23N3O. The number of rotatable bonds is 4. The summed E-state index contributed by atoms with van der Waals surface area (Å²) >= 11 is 0. The molecule has 0 bridgehead atoms. The maximum Gasteiger partial charge on any atom is 0.240 e.